The van der Waals surface area contributed by atoms with E-state index in [0.29, 0.717) is 33.3 Å². The molecule has 1 aromatic carbocycles. The van der Waals surface area contributed by atoms with Gasteiger partial charge in [-0.3, -0.25) is 4.79 Å². The van der Waals surface area contributed by atoms with Crippen LogP contribution in [-0.4, -0.2) is 25.8 Å². The molecule has 0 spiro atoms. The zero-order valence-electron chi connectivity index (χ0n) is 11.0. The van der Waals surface area contributed by atoms with E-state index in [-0.39, 0.29) is 6.79 Å². The highest BCUT2D eigenvalue weighted by Gasteiger charge is 2.36. The molecular formula is C15H10O6. The molecule has 1 unspecified atom stereocenters. The number of cyclic esters (lactones) is 2. The first-order chi connectivity index (χ1) is 10.2. The van der Waals surface area contributed by atoms with Crippen molar-refractivity contribution in [2.75, 3.05) is 13.9 Å². The predicted molar refractivity (Wildman–Crippen MR) is 69.5 cm³/mol. The Morgan fingerprint density at radius 1 is 1.29 bits per heavy atom. The number of carbonyl (C=O) groups excluding carboxylic acids is 2. The SMILES string of the molecule is COC1=c2c(cc3c4c2=CC=CC4C(=O)OC3=O)OCO1. The highest BCUT2D eigenvalue weighted by Crippen LogP contribution is 2.29. The quantitative estimate of drug-likeness (QED) is 0.530. The lowest BCUT2D eigenvalue weighted by Crippen LogP contribution is -2.43. The van der Waals surface area contributed by atoms with Crippen LogP contribution in [0.25, 0.3) is 12.0 Å². The first-order valence-corrected chi connectivity index (χ1v) is 6.36. The molecule has 0 bridgehead atoms. The fourth-order valence-corrected chi connectivity index (χ4v) is 2.84. The lowest BCUT2D eigenvalue weighted by molar-refractivity contribution is -0.139. The van der Waals surface area contributed by atoms with E-state index in [1.165, 1.54) is 7.11 Å². The molecule has 1 atom stereocenters. The minimum absolute atomic E-state index is 0.00163. The monoisotopic (exact) mass is 286 g/mol. The van der Waals surface area contributed by atoms with E-state index in [9.17, 15) is 9.59 Å². The van der Waals surface area contributed by atoms with Crippen molar-refractivity contribution >= 4 is 24.0 Å². The van der Waals surface area contributed by atoms with Crippen LogP contribution < -0.4 is 15.2 Å². The van der Waals surface area contributed by atoms with Crippen molar-refractivity contribution in [2.24, 2.45) is 0 Å². The Morgan fingerprint density at radius 3 is 2.95 bits per heavy atom. The lowest BCUT2D eigenvalue weighted by Gasteiger charge is -2.26. The van der Waals surface area contributed by atoms with E-state index < -0.39 is 17.9 Å². The van der Waals surface area contributed by atoms with Crippen molar-refractivity contribution in [1.29, 1.82) is 0 Å². The van der Waals surface area contributed by atoms with Crippen molar-refractivity contribution in [3.63, 3.8) is 0 Å². The van der Waals surface area contributed by atoms with Gasteiger partial charge in [-0.05, 0) is 16.8 Å². The van der Waals surface area contributed by atoms with Gasteiger partial charge < -0.3 is 18.9 Å². The molecule has 2 heterocycles. The van der Waals surface area contributed by atoms with Gasteiger partial charge in [-0.1, -0.05) is 18.2 Å². The summed E-state index contributed by atoms with van der Waals surface area (Å²) < 4.78 is 20.8. The molecule has 4 rings (SSSR count). The van der Waals surface area contributed by atoms with Crippen molar-refractivity contribution in [3.05, 3.63) is 39.8 Å². The third-order valence-electron chi connectivity index (χ3n) is 3.71. The Labute approximate surface area is 118 Å². The number of ether oxygens (including phenoxy) is 4. The number of hydrogen-bond donors (Lipinski definition) is 0. The molecule has 0 fully saturated rings. The summed E-state index contributed by atoms with van der Waals surface area (Å²) in [5.74, 6) is -1.04. The number of benzene rings is 1. The van der Waals surface area contributed by atoms with Gasteiger partial charge in [0.1, 0.15) is 16.9 Å². The summed E-state index contributed by atoms with van der Waals surface area (Å²) in [5, 5.41) is 1.30. The molecule has 1 aliphatic carbocycles. The van der Waals surface area contributed by atoms with Gasteiger partial charge in [0.25, 0.3) is 5.95 Å². The molecule has 0 radical (unpaired) electrons. The standard InChI is InChI=1S/C15H10O6/c1-18-15-12-7-3-2-4-8-11(7)9(14(17)21-13(8)16)5-10(12)19-6-20-15/h2-5,8H,6H2,1H3. The number of rotatable bonds is 1. The molecule has 0 amide bonds. The minimum atomic E-state index is -0.659. The molecule has 106 valence electrons. The molecule has 1 aromatic rings. The van der Waals surface area contributed by atoms with E-state index in [2.05, 4.69) is 0 Å². The second-order valence-corrected chi connectivity index (χ2v) is 4.76. The summed E-state index contributed by atoms with van der Waals surface area (Å²) in [6, 6.07) is 1.57. The normalized spacial score (nSPS) is 21.4. The van der Waals surface area contributed by atoms with E-state index >= 15 is 0 Å². The summed E-state index contributed by atoms with van der Waals surface area (Å²) in [4.78, 5) is 23.9. The van der Waals surface area contributed by atoms with Crippen LogP contribution in [0.1, 0.15) is 21.8 Å². The topological polar surface area (TPSA) is 71.1 Å². The first kappa shape index (κ1) is 12.0. The zero-order valence-corrected chi connectivity index (χ0v) is 11.0. The molecule has 6 heteroatoms. The Morgan fingerprint density at radius 2 is 2.14 bits per heavy atom. The van der Waals surface area contributed by atoms with Crippen LogP contribution in [0.4, 0.5) is 0 Å². The average molecular weight is 286 g/mol. The highest BCUT2D eigenvalue weighted by atomic mass is 16.7. The number of allylic oxidation sites excluding steroid dienone is 1. The molecular weight excluding hydrogens is 276 g/mol. The predicted octanol–water partition coefficient (Wildman–Crippen LogP) is -0.104. The van der Waals surface area contributed by atoms with Crippen molar-refractivity contribution in [3.8, 4) is 5.75 Å². The van der Waals surface area contributed by atoms with Gasteiger partial charge in [0.05, 0.1) is 12.7 Å². The third kappa shape index (κ3) is 1.53. The lowest BCUT2D eigenvalue weighted by atomic mass is 9.86. The van der Waals surface area contributed by atoms with E-state index in [1.54, 1.807) is 24.3 Å². The number of fused-ring (bicyclic) bond motifs is 2. The van der Waals surface area contributed by atoms with E-state index in [4.69, 9.17) is 18.9 Å². The summed E-state index contributed by atoms with van der Waals surface area (Å²) in [5.41, 5.74) is 0.951. The Kier molecular flexibility index (Phi) is 2.35. The van der Waals surface area contributed by atoms with Crippen molar-refractivity contribution in [2.45, 2.75) is 5.92 Å². The van der Waals surface area contributed by atoms with Crippen LogP contribution in [0, 0.1) is 0 Å². The van der Waals surface area contributed by atoms with Crippen LogP contribution >= 0.6 is 0 Å². The largest absolute Gasteiger partial charge is 0.468 e. The molecule has 21 heavy (non-hydrogen) atoms. The summed E-state index contributed by atoms with van der Waals surface area (Å²) in [7, 11) is 1.49. The molecule has 0 N–H and O–H groups in total. The molecule has 2 aliphatic heterocycles. The third-order valence-corrected chi connectivity index (χ3v) is 3.71. The summed E-state index contributed by atoms with van der Waals surface area (Å²) >= 11 is 0. The van der Waals surface area contributed by atoms with Gasteiger partial charge in [-0.25, -0.2) is 4.79 Å². The number of hydrogen-bond acceptors (Lipinski definition) is 6. The molecule has 0 aromatic heterocycles. The van der Waals surface area contributed by atoms with Gasteiger partial charge >= 0.3 is 11.9 Å². The Bertz CT molecular complexity index is 833. The van der Waals surface area contributed by atoms with Gasteiger partial charge in [-0.15, -0.1) is 0 Å². The van der Waals surface area contributed by atoms with Gasteiger partial charge in [0.15, 0.2) is 0 Å². The molecule has 0 saturated carbocycles. The zero-order chi connectivity index (χ0) is 14.6. The number of methoxy groups -OCH3 is 1. The fourth-order valence-electron chi connectivity index (χ4n) is 2.84. The Hall–Kier alpha value is -2.76. The van der Waals surface area contributed by atoms with E-state index in [0.717, 1.165) is 0 Å². The van der Waals surface area contributed by atoms with Gasteiger partial charge in [0, 0.05) is 0 Å². The maximum Gasteiger partial charge on any atom is 0.346 e. The summed E-state index contributed by atoms with van der Waals surface area (Å²) in [6.07, 6.45) is 5.25. The van der Waals surface area contributed by atoms with Crippen LogP contribution in [0.2, 0.25) is 0 Å². The molecule has 3 aliphatic rings. The second-order valence-electron chi connectivity index (χ2n) is 4.76. The maximum atomic E-state index is 12.0. The van der Waals surface area contributed by atoms with Crippen molar-refractivity contribution < 1.29 is 28.5 Å². The second kappa shape index (κ2) is 4.12. The van der Waals surface area contributed by atoms with Crippen LogP contribution in [0.15, 0.2) is 18.2 Å². The Balaban J connectivity index is 2.19. The van der Waals surface area contributed by atoms with Crippen LogP contribution in [0.3, 0.4) is 0 Å². The average Bonchev–Trinajstić information content (AvgIpc) is 2.51. The van der Waals surface area contributed by atoms with Crippen LogP contribution in [-0.2, 0) is 19.0 Å². The maximum absolute atomic E-state index is 12.0. The van der Waals surface area contributed by atoms with E-state index in [1.807, 2.05) is 0 Å². The smallest absolute Gasteiger partial charge is 0.346 e. The van der Waals surface area contributed by atoms with Gasteiger partial charge in [0.2, 0.25) is 6.79 Å². The minimum Gasteiger partial charge on any atom is -0.468 e. The van der Waals surface area contributed by atoms with Gasteiger partial charge in [-0.2, -0.15) is 0 Å². The number of carbonyl (C=O) groups is 2. The fraction of sp³-hybridized carbons (Fsp3) is 0.200. The molecule has 0 saturated heterocycles. The summed E-state index contributed by atoms with van der Waals surface area (Å²) in [6.45, 7) is 0.00163. The highest BCUT2D eigenvalue weighted by molar-refractivity contribution is 6.05. The van der Waals surface area contributed by atoms with Crippen molar-refractivity contribution in [1.82, 2.24) is 0 Å². The molecule has 6 nitrogen and oxygen atoms in total. The number of esters is 2. The van der Waals surface area contributed by atoms with Crippen LogP contribution in [0.5, 0.6) is 5.75 Å². The first-order valence-electron chi connectivity index (χ1n) is 6.36.